The first-order valence-electron chi connectivity index (χ1n) is 3.74. The van der Waals surface area contributed by atoms with Crippen LogP contribution in [0.4, 0.5) is 0 Å². The Balaban J connectivity index is 3.79. The van der Waals surface area contributed by atoms with Crippen molar-refractivity contribution in [2.45, 2.75) is 32.4 Å². The number of nitrogens with two attached hydrogens (primary N) is 1. The lowest BCUT2D eigenvalue weighted by Gasteiger charge is -2.16. The van der Waals surface area contributed by atoms with E-state index in [2.05, 4.69) is 5.32 Å². The Morgan fingerprint density at radius 3 is 2.45 bits per heavy atom. The Kier molecular flexibility index (Phi) is 4.81. The number of hydrogen-bond acceptors (Lipinski definition) is 3. The summed E-state index contributed by atoms with van der Waals surface area (Å²) in [5.74, 6) is -0.409. The van der Waals surface area contributed by atoms with Crippen molar-refractivity contribution in [3.8, 4) is 0 Å². The Labute approximate surface area is 66.8 Å². The van der Waals surface area contributed by atoms with Crippen LogP contribution in [0.2, 0.25) is 0 Å². The van der Waals surface area contributed by atoms with Gasteiger partial charge in [0.05, 0.1) is 6.04 Å². The van der Waals surface area contributed by atoms with Crippen molar-refractivity contribution in [2.24, 2.45) is 5.73 Å². The van der Waals surface area contributed by atoms with Crippen LogP contribution < -0.4 is 11.1 Å². The normalized spacial score (nSPS) is 13.5. The number of nitrogens with one attached hydrogen (secondary N) is 1. The van der Waals surface area contributed by atoms with Crippen LogP contribution in [0.25, 0.3) is 0 Å². The van der Waals surface area contributed by atoms with Crippen LogP contribution in [-0.4, -0.2) is 29.7 Å². The number of primary amides is 1. The summed E-state index contributed by atoms with van der Waals surface area (Å²) in [6.07, 6.45) is 0.382. The van der Waals surface area contributed by atoms with Gasteiger partial charge in [0.15, 0.2) is 0 Å². The van der Waals surface area contributed by atoms with Crippen LogP contribution in [-0.2, 0) is 4.79 Å². The molecule has 1 amide bonds. The van der Waals surface area contributed by atoms with E-state index in [0.29, 0.717) is 6.42 Å². The van der Waals surface area contributed by atoms with E-state index in [1.54, 1.807) is 0 Å². The van der Waals surface area contributed by atoms with Gasteiger partial charge in [0, 0.05) is 12.6 Å². The molecule has 0 spiro atoms. The lowest BCUT2D eigenvalue weighted by Crippen LogP contribution is -2.44. The summed E-state index contributed by atoms with van der Waals surface area (Å²) in [5, 5.41) is 11.5. The molecule has 66 valence electrons. The summed E-state index contributed by atoms with van der Waals surface area (Å²) in [7, 11) is 0. The van der Waals surface area contributed by atoms with Crippen LogP contribution in [0.1, 0.15) is 20.3 Å². The number of carbonyl (C=O) groups excluding carboxylic acids is 1. The van der Waals surface area contributed by atoms with Crippen LogP contribution in [0, 0.1) is 0 Å². The van der Waals surface area contributed by atoms with Gasteiger partial charge in [0.1, 0.15) is 0 Å². The monoisotopic (exact) mass is 160 g/mol. The molecule has 1 atom stereocenters. The van der Waals surface area contributed by atoms with E-state index in [9.17, 15) is 4.79 Å². The second-order valence-electron chi connectivity index (χ2n) is 2.79. The molecule has 0 heterocycles. The maximum Gasteiger partial charge on any atom is 0.234 e. The minimum atomic E-state index is -0.409. The van der Waals surface area contributed by atoms with E-state index in [1.165, 1.54) is 0 Å². The fourth-order valence-electron chi connectivity index (χ4n) is 0.839. The van der Waals surface area contributed by atoms with Gasteiger partial charge in [0.2, 0.25) is 5.91 Å². The summed E-state index contributed by atoms with van der Waals surface area (Å²) >= 11 is 0. The molecular formula is C7H16N2O2. The average molecular weight is 160 g/mol. The first-order valence-corrected chi connectivity index (χ1v) is 3.74. The molecule has 0 aliphatic heterocycles. The number of amides is 1. The van der Waals surface area contributed by atoms with E-state index in [1.807, 2.05) is 13.8 Å². The van der Waals surface area contributed by atoms with Gasteiger partial charge in [-0.05, 0) is 6.42 Å². The Bertz CT molecular complexity index is 126. The van der Waals surface area contributed by atoms with Gasteiger partial charge >= 0.3 is 0 Å². The van der Waals surface area contributed by atoms with Gasteiger partial charge in [-0.1, -0.05) is 13.8 Å². The molecule has 0 saturated carbocycles. The van der Waals surface area contributed by atoms with E-state index >= 15 is 0 Å². The summed E-state index contributed by atoms with van der Waals surface area (Å²) in [5.41, 5.74) is 5.06. The third-order valence-corrected chi connectivity index (χ3v) is 1.30. The molecule has 4 N–H and O–H groups in total. The van der Waals surface area contributed by atoms with E-state index in [-0.39, 0.29) is 12.6 Å². The molecule has 0 rings (SSSR count). The zero-order valence-electron chi connectivity index (χ0n) is 7.00. The quantitative estimate of drug-likeness (QED) is 0.494. The molecule has 0 aromatic heterocycles. The first kappa shape index (κ1) is 10.4. The highest BCUT2D eigenvalue weighted by molar-refractivity contribution is 5.79. The van der Waals surface area contributed by atoms with Crippen molar-refractivity contribution < 1.29 is 9.90 Å². The van der Waals surface area contributed by atoms with Crippen molar-refractivity contribution in [1.82, 2.24) is 5.32 Å². The van der Waals surface area contributed by atoms with Crippen LogP contribution in [0.15, 0.2) is 0 Å². The van der Waals surface area contributed by atoms with Crippen LogP contribution in [0.5, 0.6) is 0 Å². The standard InChI is InChI=1S/C7H16N2O2/c1-5(2)9-6(3-4-10)7(8)11/h5-6,9-10H,3-4H2,1-2H3,(H2,8,11)/t6-/m1/s1. The molecule has 0 radical (unpaired) electrons. The minimum Gasteiger partial charge on any atom is -0.396 e. The van der Waals surface area contributed by atoms with E-state index in [0.717, 1.165) is 0 Å². The molecule has 0 aromatic carbocycles. The number of carbonyl (C=O) groups is 1. The molecule has 0 aromatic rings. The van der Waals surface area contributed by atoms with E-state index in [4.69, 9.17) is 10.8 Å². The maximum absolute atomic E-state index is 10.7. The van der Waals surface area contributed by atoms with Crippen LogP contribution >= 0.6 is 0 Å². The summed E-state index contributed by atoms with van der Waals surface area (Å²) < 4.78 is 0. The third-order valence-electron chi connectivity index (χ3n) is 1.30. The highest BCUT2D eigenvalue weighted by Crippen LogP contribution is 1.91. The highest BCUT2D eigenvalue weighted by Gasteiger charge is 2.14. The second kappa shape index (κ2) is 5.09. The topological polar surface area (TPSA) is 75.3 Å². The molecule has 0 fully saturated rings. The van der Waals surface area contributed by atoms with Crippen molar-refractivity contribution in [2.75, 3.05) is 6.61 Å². The smallest absolute Gasteiger partial charge is 0.234 e. The first-order chi connectivity index (χ1) is 5.07. The molecule has 11 heavy (non-hydrogen) atoms. The summed E-state index contributed by atoms with van der Waals surface area (Å²) in [6.45, 7) is 3.83. The summed E-state index contributed by atoms with van der Waals surface area (Å²) in [4.78, 5) is 10.7. The van der Waals surface area contributed by atoms with Gasteiger partial charge < -0.3 is 16.2 Å². The molecule has 0 bridgehead atoms. The van der Waals surface area contributed by atoms with Gasteiger partial charge in [-0.15, -0.1) is 0 Å². The third kappa shape index (κ3) is 4.75. The predicted octanol–water partition coefficient (Wildman–Crippen LogP) is -0.779. The highest BCUT2D eigenvalue weighted by atomic mass is 16.3. The lowest BCUT2D eigenvalue weighted by atomic mass is 10.2. The second-order valence-corrected chi connectivity index (χ2v) is 2.79. The maximum atomic E-state index is 10.7. The zero-order chi connectivity index (χ0) is 8.85. The molecule has 0 aliphatic carbocycles. The zero-order valence-corrected chi connectivity index (χ0v) is 7.00. The molecule has 0 aliphatic rings. The van der Waals surface area contributed by atoms with Crippen LogP contribution in [0.3, 0.4) is 0 Å². The average Bonchev–Trinajstić information content (AvgIpc) is 1.86. The molecule has 0 unspecified atom stereocenters. The Morgan fingerprint density at radius 1 is 1.64 bits per heavy atom. The molecule has 4 heteroatoms. The van der Waals surface area contributed by atoms with Gasteiger partial charge in [-0.2, -0.15) is 0 Å². The fraction of sp³-hybridized carbons (Fsp3) is 0.857. The number of rotatable bonds is 5. The Morgan fingerprint density at radius 2 is 2.18 bits per heavy atom. The molecular weight excluding hydrogens is 144 g/mol. The van der Waals surface area contributed by atoms with Crippen molar-refractivity contribution in [3.05, 3.63) is 0 Å². The largest absolute Gasteiger partial charge is 0.396 e. The van der Waals surface area contributed by atoms with Gasteiger partial charge in [-0.25, -0.2) is 0 Å². The van der Waals surface area contributed by atoms with Crippen molar-refractivity contribution in [1.29, 1.82) is 0 Å². The van der Waals surface area contributed by atoms with E-state index < -0.39 is 11.9 Å². The molecule has 0 saturated heterocycles. The molecule has 4 nitrogen and oxygen atoms in total. The SMILES string of the molecule is CC(C)N[C@H](CCO)C(N)=O. The number of aliphatic hydroxyl groups is 1. The number of hydrogen-bond donors (Lipinski definition) is 3. The van der Waals surface area contributed by atoms with Crippen molar-refractivity contribution in [3.63, 3.8) is 0 Å². The lowest BCUT2D eigenvalue weighted by molar-refractivity contribution is -0.120. The fourth-order valence-corrected chi connectivity index (χ4v) is 0.839. The Hall–Kier alpha value is -0.610. The number of aliphatic hydroxyl groups excluding tert-OH is 1. The van der Waals surface area contributed by atoms with Crippen molar-refractivity contribution >= 4 is 5.91 Å². The minimum absolute atomic E-state index is 0.0205. The predicted molar refractivity (Wildman–Crippen MR) is 43.0 cm³/mol. The summed E-state index contributed by atoms with van der Waals surface area (Å²) in [6, 6.07) is -0.195. The van der Waals surface area contributed by atoms with Gasteiger partial charge in [0.25, 0.3) is 0 Å². The van der Waals surface area contributed by atoms with Gasteiger partial charge in [-0.3, -0.25) is 4.79 Å².